The van der Waals surface area contributed by atoms with E-state index in [1.165, 1.54) is 11.1 Å². The van der Waals surface area contributed by atoms with Gasteiger partial charge in [0.1, 0.15) is 9.21 Å². The van der Waals surface area contributed by atoms with Gasteiger partial charge in [0.2, 0.25) is 0 Å². The Bertz CT molecular complexity index is 1920. The Hall–Kier alpha value is -3.44. The number of benzene rings is 2. The fourth-order valence-corrected chi connectivity index (χ4v) is 6.87. The van der Waals surface area contributed by atoms with E-state index in [2.05, 4.69) is 119 Å². The minimum absolute atomic E-state index is 0.732. The first-order valence-corrected chi connectivity index (χ1v) is 18.2. The number of hydrogen-bond acceptors (Lipinski definition) is 10. The summed E-state index contributed by atoms with van der Waals surface area (Å²) >= 11 is 10.0. The number of aromatic nitrogens is 6. The summed E-state index contributed by atoms with van der Waals surface area (Å²) in [6.45, 7) is 9.40. The van der Waals surface area contributed by atoms with Crippen molar-refractivity contribution in [3.05, 3.63) is 111 Å². The van der Waals surface area contributed by atoms with Crippen molar-refractivity contribution in [2.75, 3.05) is 63.7 Å². The zero-order valence-electron chi connectivity index (χ0n) is 26.8. The standard InChI is InChI=1S/C17H18BrN5O.C11H16N2O.C6H3Br2N3/c18-15-12-23-6-5-19-17(23)16(21-15)20-14-3-1-13(2-4-14)11-22-7-9-24-10-8-22;12-11-3-1-10(2-4-11)9-13-5-7-14-8-6-13;7-4-3-11-2-1-9-6(11)5(8)10-4/h1-6,12H,7-11H2,(H,20,21);1-4H,5-9,12H2;1-3H. The number of fused-ring (bicyclic) bond motifs is 2. The van der Waals surface area contributed by atoms with E-state index in [1.54, 1.807) is 12.4 Å². The van der Waals surface area contributed by atoms with Gasteiger partial charge in [-0.2, -0.15) is 0 Å². The van der Waals surface area contributed by atoms with Crippen LogP contribution in [0, 0.1) is 0 Å². The number of rotatable bonds is 6. The average molecular weight is 857 g/mol. The highest BCUT2D eigenvalue weighted by Gasteiger charge is 2.12. The number of nitrogen functional groups attached to an aromatic ring is 1. The third-order valence-corrected chi connectivity index (χ3v) is 9.16. The van der Waals surface area contributed by atoms with Crippen molar-refractivity contribution in [3.8, 4) is 0 Å². The minimum Gasteiger partial charge on any atom is -0.399 e. The molecule has 2 saturated heterocycles. The lowest BCUT2D eigenvalue weighted by Gasteiger charge is -2.26. The van der Waals surface area contributed by atoms with E-state index in [0.29, 0.717) is 0 Å². The number of halogens is 3. The highest BCUT2D eigenvalue weighted by atomic mass is 79.9. The van der Waals surface area contributed by atoms with Crippen LogP contribution in [0.3, 0.4) is 0 Å². The van der Waals surface area contributed by atoms with Crippen LogP contribution in [0.25, 0.3) is 11.3 Å². The fourth-order valence-electron chi connectivity index (χ4n) is 5.34. The molecule has 0 unspecified atom stereocenters. The van der Waals surface area contributed by atoms with Crippen LogP contribution >= 0.6 is 47.8 Å². The highest BCUT2D eigenvalue weighted by molar-refractivity contribution is 9.11. The van der Waals surface area contributed by atoms with Gasteiger partial charge in [0.25, 0.3) is 0 Å². The van der Waals surface area contributed by atoms with Gasteiger partial charge in [0, 0.05) is 87.8 Å². The smallest absolute Gasteiger partial charge is 0.180 e. The number of anilines is 3. The van der Waals surface area contributed by atoms with Gasteiger partial charge >= 0.3 is 0 Å². The first-order chi connectivity index (χ1) is 23.9. The van der Waals surface area contributed by atoms with Crippen molar-refractivity contribution < 1.29 is 9.47 Å². The summed E-state index contributed by atoms with van der Waals surface area (Å²) in [5.41, 5.74) is 11.7. The maximum Gasteiger partial charge on any atom is 0.180 e. The topological polar surface area (TPSA) is 123 Å². The molecule has 2 fully saturated rings. The molecule has 0 amide bonds. The summed E-state index contributed by atoms with van der Waals surface area (Å²) in [5.74, 6) is 0.732. The molecular formula is C34H37Br3N10O2. The molecule has 0 saturated carbocycles. The Morgan fingerprint density at radius 1 is 0.653 bits per heavy atom. The molecule has 0 aliphatic carbocycles. The van der Waals surface area contributed by atoms with Crippen molar-refractivity contribution in [2.45, 2.75) is 13.1 Å². The van der Waals surface area contributed by atoms with Crippen molar-refractivity contribution in [2.24, 2.45) is 0 Å². The Morgan fingerprint density at radius 2 is 1.14 bits per heavy atom. The van der Waals surface area contributed by atoms with Crippen LogP contribution in [0.5, 0.6) is 0 Å². The van der Waals surface area contributed by atoms with Gasteiger partial charge in [0.05, 0.1) is 26.4 Å². The van der Waals surface area contributed by atoms with Gasteiger partial charge in [-0.25, -0.2) is 19.9 Å². The Balaban J connectivity index is 0.000000141. The van der Waals surface area contributed by atoms with Crippen LogP contribution in [-0.2, 0) is 22.6 Å². The van der Waals surface area contributed by atoms with Crippen LogP contribution in [0.15, 0.2) is 99.5 Å². The van der Waals surface area contributed by atoms with E-state index in [0.717, 1.165) is 108 Å². The van der Waals surface area contributed by atoms with E-state index in [9.17, 15) is 0 Å². The third kappa shape index (κ3) is 10.3. The molecular weight excluding hydrogens is 820 g/mol. The van der Waals surface area contributed by atoms with Crippen LogP contribution in [0.4, 0.5) is 17.2 Å². The maximum atomic E-state index is 5.63. The molecule has 2 aliphatic rings. The first-order valence-electron chi connectivity index (χ1n) is 15.8. The van der Waals surface area contributed by atoms with E-state index in [-0.39, 0.29) is 0 Å². The SMILES string of the molecule is Brc1cn2ccnc2c(Br)n1.Brc1cn2ccnc2c(Nc2ccc(CN3CCOCC3)cc2)n1.Nc1ccc(CN2CCOCC2)cc1. The molecule has 3 N–H and O–H groups in total. The van der Waals surface area contributed by atoms with Crippen LogP contribution < -0.4 is 11.1 Å². The number of ether oxygens (including phenoxy) is 2. The second-order valence-corrected chi connectivity index (χ2v) is 13.8. The Labute approximate surface area is 310 Å². The number of hydrogen-bond donors (Lipinski definition) is 2. The molecule has 2 aromatic carbocycles. The molecule has 0 bridgehead atoms. The molecule has 0 atom stereocenters. The van der Waals surface area contributed by atoms with Crippen molar-refractivity contribution in [3.63, 3.8) is 0 Å². The van der Waals surface area contributed by atoms with Crippen molar-refractivity contribution in [1.29, 1.82) is 0 Å². The predicted molar refractivity (Wildman–Crippen MR) is 202 cm³/mol. The molecule has 15 heteroatoms. The predicted octanol–water partition coefficient (Wildman–Crippen LogP) is 6.42. The van der Waals surface area contributed by atoms with Gasteiger partial charge in [-0.05, 0) is 83.2 Å². The van der Waals surface area contributed by atoms with Gasteiger partial charge < -0.3 is 29.3 Å². The normalized spacial score (nSPS) is 15.3. The number of nitrogens with one attached hydrogen (secondary N) is 1. The van der Waals surface area contributed by atoms with Gasteiger partial charge in [0.15, 0.2) is 21.7 Å². The molecule has 256 valence electrons. The van der Waals surface area contributed by atoms with Gasteiger partial charge in [-0.3, -0.25) is 9.80 Å². The average Bonchev–Trinajstić information content (AvgIpc) is 3.79. The lowest BCUT2D eigenvalue weighted by Crippen LogP contribution is -2.35. The summed E-state index contributed by atoms with van der Waals surface area (Å²) in [6, 6.07) is 16.5. The molecule has 49 heavy (non-hydrogen) atoms. The number of morpholine rings is 2. The summed E-state index contributed by atoms with van der Waals surface area (Å²) in [4.78, 5) is 21.9. The molecule has 12 nitrogen and oxygen atoms in total. The second-order valence-electron chi connectivity index (χ2n) is 11.4. The zero-order valence-corrected chi connectivity index (χ0v) is 31.5. The maximum absolute atomic E-state index is 5.63. The van der Waals surface area contributed by atoms with Crippen LogP contribution in [-0.4, -0.2) is 91.1 Å². The molecule has 0 spiro atoms. The van der Waals surface area contributed by atoms with Gasteiger partial charge in [-0.1, -0.05) is 24.3 Å². The zero-order chi connectivity index (χ0) is 34.0. The summed E-state index contributed by atoms with van der Waals surface area (Å²) in [5, 5.41) is 3.35. The third-order valence-electron chi connectivity index (χ3n) is 7.86. The lowest BCUT2D eigenvalue weighted by atomic mass is 10.2. The quantitative estimate of drug-likeness (QED) is 0.182. The second kappa shape index (κ2) is 17.5. The number of nitrogens with two attached hydrogens (primary N) is 1. The Kier molecular flexibility index (Phi) is 12.6. The number of imidazole rings is 2. The number of nitrogens with zero attached hydrogens (tertiary/aromatic N) is 8. The van der Waals surface area contributed by atoms with E-state index >= 15 is 0 Å². The summed E-state index contributed by atoms with van der Waals surface area (Å²) in [6.07, 6.45) is 11.0. The molecule has 8 rings (SSSR count). The molecule has 0 radical (unpaired) electrons. The molecule has 6 aromatic rings. The Morgan fingerprint density at radius 3 is 1.71 bits per heavy atom. The van der Waals surface area contributed by atoms with Gasteiger partial charge in [-0.15, -0.1) is 0 Å². The van der Waals surface area contributed by atoms with Crippen molar-refractivity contribution in [1.82, 2.24) is 38.5 Å². The van der Waals surface area contributed by atoms with E-state index < -0.39 is 0 Å². The molecule has 2 aliphatic heterocycles. The van der Waals surface area contributed by atoms with Crippen LogP contribution in [0.1, 0.15) is 11.1 Å². The summed E-state index contributed by atoms with van der Waals surface area (Å²) in [7, 11) is 0. The fraction of sp³-hybridized carbons (Fsp3) is 0.294. The first kappa shape index (κ1) is 35.4. The molecule has 4 aromatic heterocycles. The lowest BCUT2D eigenvalue weighted by molar-refractivity contribution is 0.0341. The van der Waals surface area contributed by atoms with Crippen LogP contribution in [0.2, 0.25) is 0 Å². The largest absolute Gasteiger partial charge is 0.399 e. The molecule has 6 heterocycles. The highest BCUT2D eigenvalue weighted by Crippen LogP contribution is 2.22. The minimum atomic E-state index is 0.732. The van der Waals surface area contributed by atoms with E-state index in [4.69, 9.17) is 15.2 Å². The summed E-state index contributed by atoms with van der Waals surface area (Å²) < 4.78 is 16.8. The van der Waals surface area contributed by atoms with E-state index in [1.807, 2.05) is 45.7 Å². The monoisotopic (exact) mass is 854 g/mol. The van der Waals surface area contributed by atoms with Crippen molar-refractivity contribution >= 4 is 76.3 Å².